The third-order valence-corrected chi connectivity index (χ3v) is 8.58. The number of carbonyl (C=O) groups is 1. The van der Waals surface area contributed by atoms with Crippen LogP contribution >= 0.6 is 0 Å². The van der Waals surface area contributed by atoms with Gasteiger partial charge in [0.15, 0.2) is 0 Å². The molecule has 3 aliphatic rings. The van der Waals surface area contributed by atoms with Crippen LogP contribution in [-0.4, -0.2) is 57.7 Å². The molecule has 5 N–H and O–H groups in total. The van der Waals surface area contributed by atoms with Crippen molar-refractivity contribution in [2.75, 3.05) is 6.54 Å². The van der Waals surface area contributed by atoms with E-state index in [0.717, 1.165) is 50.5 Å². The molecule has 0 aromatic rings. The Bertz CT molecular complexity index is 566. The molecule has 6 nitrogen and oxygen atoms in total. The van der Waals surface area contributed by atoms with Crippen molar-refractivity contribution < 1.29 is 20.1 Å². The van der Waals surface area contributed by atoms with Gasteiger partial charge in [-0.05, 0) is 76.2 Å². The van der Waals surface area contributed by atoms with Crippen molar-refractivity contribution in [1.82, 2.24) is 10.6 Å². The Kier molecular flexibility index (Phi) is 9.21. The molecule has 2 saturated carbocycles. The quantitative estimate of drug-likeness (QED) is 0.378. The second-order valence-electron chi connectivity index (χ2n) is 10.9. The smallest absolute Gasteiger partial charge is 0.306 e. The number of aliphatic hydroxyl groups excluding tert-OH is 1. The lowest BCUT2D eigenvalue weighted by atomic mass is 9.70. The van der Waals surface area contributed by atoms with Crippen LogP contribution in [-0.2, 0) is 4.79 Å². The fraction of sp³-hybridized carbons (Fsp3) is 0.960. The summed E-state index contributed by atoms with van der Waals surface area (Å²) in [5.41, 5.74) is -1.11. The number of hydrogen-bond donors (Lipinski definition) is 5. The highest BCUT2D eigenvalue weighted by Crippen LogP contribution is 2.40. The number of nitrogens with one attached hydrogen (secondary N) is 2. The van der Waals surface area contributed by atoms with Crippen LogP contribution in [0.4, 0.5) is 0 Å². The van der Waals surface area contributed by atoms with Crippen molar-refractivity contribution in [3.05, 3.63) is 0 Å². The molecular weight excluding hydrogens is 392 g/mol. The Labute approximate surface area is 188 Å². The van der Waals surface area contributed by atoms with E-state index in [0.29, 0.717) is 18.4 Å². The van der Waals surface area contributed by atoms with E-state index in [-0.39, 0.29) is 24.6 Å². The summed E-state index contributed by atoms with van der Waals surface area (Å²) < 4.78 is 0. The predicted molar refractivity (Wildman–Crippen MR) is 123 cm³/mol. The summed E-state index contributed by atoms with van der Waals surface area (Å²) >= 11 is 0. The second kappa shape index (κ2) is 11.4. The number of carboxylic acid groups (broad SMARTS) is 1. The SMILES string of the molecule is CCN[C@@H]1CC[C@@H](CCCC2CCC([C@@H]3CC[C@@H](O)[C@H](C)N3)CC2)C[C@@]1(O)CC(=O)O. The summed E-state index contributed by atoms with van der Waals surface area (Å²) in [6, 6.07) is 0.703. The zero-order valence-electron chi connectivity index (χ0n) is 19.7. The van der Waals surface area contributed by atoms with E-state index in [9.17, 15) is 20.1 Å². The number of piperidine rings is 1. The van der Waals surface area contributed by atoms with Crippen LogP contribution in [0.2, 0.25) is 0 Å². The number of likely N-dealkylation sites (N-methyl/N-ethyl adjacent to an activating group) is 1. The van der Waals surface area contributed by atoms with Crippen LogP contribution in [0.15, 0.2) is 0 Å². The highest BCUT2D eigenvalue weighted by molar-refractivity contribution is 5.68. The van der Waals surface area contributed by atoms with Gasteiger partial charge in [0.1, 0.15) is 0 Å². The Balaban J connectivity index is 1.37. The number of hydrogen-bond acceptors (Lipinski definition) is 5. The van der Waals surface area contributed by atoms with E-state index < -0.39 is 11.6 Å². The summed E-state index contributed by atoms with van der Waals surface area (Å²) in [7, 11) is 0. The lowest BCUT2D eigenvalue weighted by Gasteiger charge is -2.43. The summed E-state index contributed by atoms with van der Waals surface area (Å²) in [6.45, 7) is 4.87. The maximum Gasteiger partial charge on any atom is 0.306 e. The lowest BCUT2D eigenvalue weighted by molar-refractivity contribution is -0.146. The fourth-order valence-corrected chi connectivity index (χ4v) is 6.74. The first-order valence-electron chi connectivity index (χ1n) is 12.9. The van der Waals surface area contributed by atoms with Crippen LogP contribution in [0.3, 0.4) is 0 Å². The van der Waals surface area contributed by atoms with E-state index in [1.807, 2.05) is 6.92 Å². The van der Waals surface area contributed by atoms with Crippen LogP contribution in [0.1, 0.15) is 97.3 Å². The molecule has 3 rings (SSSR count). The minimum absolute atomic E-state index is 0.0997. The fourth-order valence-electron chi connectivity index (χ4n) is 6.74. The summed E-state index contributed by atoms with van der Waals surface area (Å²) in [5, 5.41) is 37.3. The Morgan fingerprint density at radius 1 is 1.03 bits per heavy atom. The molecule has 3 fully saturated rings. The minimum Gasteiger partial charge on any atom is -0.481 e. The number of carboxylic acids is 1. The Hall–Kier alpha value is -0.690. The first-order valence-corrected chi connectivity index (χ1v) is 12.9. The van der Waals surface area contributed by atoms with Gasteiger partial charge in [0.25, 0.3) is 0 Å². The molecule has 6 heteroatoms. The first kappa shape index (κ1) is 24.9. The number of aliphatic hydroxyl groups is 2. The standard InChI is InChI=1S/C25H46N2O4/c1-3-26-23-14-9-19(15-25(23,31)16-24(29)30)6-4-5-18-7-10-20(11-8-18)21-12-13-22(28)17(2)27-21/h17-23,26-28,31H,3-16H2,1-2H3,(H,29,30)/t17-,18?,19+,20?,21-,22+,23+,25+/m0/s1. The molecule has 2 aliphatic carbocycles. The van der Waals surface area contributed by atoms with Crippen LogP contribution in [0.25, 0.3) is 0 Å². The van der Waals surface area contributed by atoms with Crippen LogP contribution < -0.4 is 10.6 Å². The highest BCUT2D eigenvalue weighted by Gasteiger charge is 2.43. The molecule has 31 heavy (non-hydrogen) atoms. The zero-order chi connectivity index (χ0) is 22.4. The van der Waals surface area contributed by atoms with Gasteiger partial charge >= 0.3 is 5.97 Å². The van der Waals surface area contributed by atoms with Crippen molar-refractivity contribution in [1.29, 1.82) is 0 Å². The van der Waals surface area contributed by atoms with Gasteiger partial charge in [-0.1, -0.05) is 39.0 Å². The molecule has 0 unspecified atom stereocenters. The van der Waals surface area contributed by atoms with Crippen LogP contribution in [0.5, 0.6) is 0 Å². The predicted octanol–water partition coefficient (Wildman–Crippen LogP) is 3.45. The Morgan fingerprint density at radius 2 is 1.71 bits per heavy atom. The molecular formula is C25H46N2O4. The lowest BCUT2D eigenvalue weighted by Crippen LogP contribution is -2.55. The van der Waals surface area contributed by atoms with E-state index in [1.165, 1.54) is 38.5 Å². The van der Waals surface area contributed by atoms with Gasteiger partial charge in [0.2, 0.25) is 0 Å². The molecule has 1 aliphatic heterocycles. The van der Waals surface area contributed by atoms with Gasteiger partial charge in [0.05, 0.1) is 18.1 Å². The summed E-state index contributed by atoms with van der Waals surface area (Å²) in [4.78, 5) is 11.3. The van der Waals surface area contributed by atoms with Gasteiger partial charge in [-0.3, -0.25) is 4.79 Å². The molecule has 1 heterocycles. The molecule has 0 aromatic heterocycles. The third-order valence-electron chi connectivity index (χ3n) is 8.58. The molecule has 0 radical (unpaired) electrons. The monoisotopic (exact) mass is 438 g/mol. The Morgan fingerprint density at radius 3 is 2.35 bits per heavy atom. The van der Waals surface area contributed by atoms with Crippen molar-refractivity contribution >= 4 is 5.97 Å². The van der Waals surface area contributed by atoms with Gasteiger partial charge in [0, 0.05) is 18.1 Å². The second-order valence-corrected chi connectivity index (χ2v) is 10.9. The molecule has 1 saturated heterocycles. The normalized spacial score (nSPS) is 41.7. The molecule has 0 aromatic carbocycles. The minimum atomic E-state index is -1.11. The average molecular weight is 439 g/mol. The van der Waals surface area contributed by atoms with Crippen molar-refractivity contribution in [3.8, 4) is 0 Å². The largest absolute Gasteiger partial charge is 0.481 e. The van der Waals surface area contributed by atoms with Crippen LogP contribution in [0, 0.1) is 17.8 Å². The zero-order valence-corrected chi connectivity index (χ0v) is 19.7. The van der Waals surface area contributed by atoms with Gasteiger partial charge in [-0.2, -0.15) is 0 Å². The van der Waals surface area contributed by atoms with Crippen molar-refractivity contribution in [2.24, 2.45) is 17.8 Å². The van der Waals surface area contributed by atoms with Gasteiger partial charge < -0.3 is 26.0 Å². The summed E-state index contributed by atoms with van der Waals surface area (Å²) in [6.07, 6.45) is 13.1. The van der Waals surface area contributed by atoms with E-state index >= 15 is 0 Å². The molecule has 0 bridgehead atoms. The van der Waals surface area contributed by atoms with E-state index in [4.69, 9.17) is 0 Å². The van der Waals surface area contributed by atoms with Gasteiger partial charge in [-0.15, -0.1) is 0 Å². The summed E-state index contributed by atoms with van der Waals surface area (Å²) in [5.74, 6) is 1.12. The molecule has 0 amide bonds. The molecule has 180 valence electrons. The van der Waals surface area contributed by atoms with Crippen molar-refractivity contribution in [3.63, 3.8) is 0 Å². The average Bonchev–Trinajstić information content (AvgIpc) is 2.72. The maximum atomic E-state index is 11.3. The molecule has 6 atom stereocenters. The van der Waals surface area contributed by atoms with E-state index in [2.05, 4.69) is 17.6 Å². The third kappa shape index (κ3) is 6.89. The topological polar surface area (TPSA) is 102 Å². The maximum absolute atomic E-state index is 11.3. The van der Waals surface area contributed by atoms with Crippen molar-refractivity contribution in [2.45, 2.75) is 127 Å². The number of aliphatic carboxylic acids is 1. The molecule has 0 spiro atoms. The highest BCUT2D eigenvalue weighted by atomic mass is 16.4. The first-order chi connectivity index (χ1) is 14.8. The van der Waals surface area contributed by atoms with Gasteiger partial charge in [-0.25, -0.2) is 0 Å². The number of rotatable bonds is 9. The van der Waals surface area contributed by atoms with E-state index in [1.54, 1.807) is 0 Å².